The van der Waals surface area contributed by atoms with Gasteiger partial charge in [0.15, 0.2) is 18.1 Å². The fraction of sp³-hybridized carbons (Fsp3) is 0.250. The number of ether oxygens (including phenoxy) is 2. The molecule has 3 nitrogen and oxygen atoms in total. The molecule has 0 spiro atoms. The molecule has 0 saturated heterocycles. The predicted molar refractivity (Wildman–Crippen MR) is 79.5 cm³/mol. The Labute approximate surface area is 147 Å². The molecule has 0 unspecified atom stereocenters. The number of anilines is 1. The third kappa shape index (κ3) is 5.14. The Morgan fingerprint density at radius 3 is 2.00 bits per heavy atom. The van der Waals surface area contributed by atoms with Crippen molar-refractivity contribution in [3.05, 3.63) is 42.5 Å². The maximum Gasteiger partial charge on any atom is 0.573 e. The number of rotatable bonds is 5. The molecule has 0 aliphatic heterocycles. The minimum Gasteiger partial charge on any atom is -0.483 e. The Kier molecular flexibility index (Phi) is 5.43. The van der Waals surface area contributed by atoms with Gasteiger partial charge in [0.05, 0.1) is 0 Å². The monoisotopic (exact) mass is 401 g/mol. The van der Waals surface area contributed by atoms with Crippen LogP contribution >= 0.6 is 0 Å². The van der Waals surface area contributed by atoms with E-state index >= 15 is 0 Å². The molecule has 2 aromatic carbocycles. The van der Waals surface area contributed by atoms with Crippen LogP contribution in [0.3, 0.4) is 0 Å². The number of nitrogens with two attached hydrogens (primary N) is 1. The van der Waals surface area contributed by atoms with E-state index in [1.54, 1.807) is 12.1 Å². The molecule has 2 rings (SSSR count). The number of benzene rings is 2. The number of hydrogen-bond donors (Lipinski definition) is 1. The quantitative estimate of drug-likeness (QED) is 0.538. The fourth-order valence-electron chi connectivity index (χ4n) is 2.01. The lowest BCUT2D eigenvalue weighted by Gasteiger charge is -2.21. The molecular formula is C16H11F8NO2. The van der Waals surface area contributed by atoms with E-state index in [-0.39, 0.29) is 11.3 Å². The van der Waals surface area contributed by atoms with Crippen molar-refractivity contribution in [2.75, 3.05) is 12.3 Å². The van der Waals surface area contributed by atoms with Gasteiger partial charge in [-0.1, -0.05) is 24.3 Å². The molecule has 0 aromatic heterocycles. The van der Waals surface area contributed by atoms with E-state index in [0.29, 0.717) is 5.56 Å². The van der Waals surface area contributed by atoms with Gasteiger partial charge in [-0.25, -0.2) is 0 Å². The van der Waals surface area contributed by atoms with Crippen molar-refractivity contribution in [3.8, 4) is 22.6 Å². The zero-order chi connectivity index (χ0) is 20.5. The van der Waals surface area contributed by atoms with Crippen LogP contribution in [-0.2, 0) is 0 Å². The highest BCUT2D eigenvalue weighted by molar-refractivity contribution is 5.77. The Morgan fingerprint density at radius 2 is 1.44 bits per heavy atom. The van der Waals surface area contributed by atoms with Crippen molar-refractivity contribution in [2.45, 2.75) is 18.5 Å². The van der Waals surface area contributed by atoms with Gasteiger partial charge in [-0.3, -0.25) is 0 Å². The molecule has 0 fully saturated rings. The highest BCUT2D eigenvalue weighted by Crippen LogP contribution is 2.40. The molecule has 0 heterocycles. The van der Waals surface area contributed by atoms with Crippen molar-refractivity contribution < 1.29 is 44.6 Å². The molecular weight excluding hydrogens is 390 g/mol. The van der Waals surface area contributed by atoms with Gasteiger partial charge in [0.2, 0.25) is 0 Å². The van der Waals surface area contributed by atoms with Crippen molar-refractivity contribution in [2.24, 2.45) is 0 Å². The van der Waals surface area contributed by atoms with Crippen LogP contribution < -0.4 is 15.2 Å². The Hall–Kier alpha value is -2.72. The molecule has 0 atom stereocenters. The average molecular weight is 401 g/mol. The summed E-state index contributed by atoms with van der Waals surface area (Å²) in [5.74, 6) is -7.29. The van der Waals surface area contributed by atoms with E-state index < -0.39 is 36.6 Å². The summed E-state index contributed by atoms with van der Waals surface area (Å²) in [6.45, 7) is -2.22. The summed E-state index contributed by atoms with van der Waals surface area (Å²) in [4.78, 5) is 0. The summed E-state index contributed by atoms with van der Waals surface area (Å²) in [6.07, 6.45) is -11.1. The van der Waals surface area contributed by atoms with Crippen LogP contribution in [-0.4, -0.2) is 25.1 Å². The van der Waals surface area contributed by atoms with Crippen LogP contribution in [0, 0.1) is 0 Å². The van der Waals surface area contributed by atoms with E-state index in [9.17, 15) is 35.1 Å². The number of halogens is 8. The van der Waals surface area contributed by atoms with E-state index in [1.807, 2.05) is 0 Å². The fourth-order valence-corrected chi connectivity index (χ4v) is 2.01. The van der Waals surface area contributed by atoms with Gasteiger partial charge >= 0.3 is 18.5 Å². The van der Waals surface area contributed by atoms with Crippen LogP contribution in [0.1, 0.15) is 0 Å². The maximum atomic E-state index is 13.0. The minimum atomic E-state index is -5.93. The van der Waals surface area contributed by atoms with Crippen molar-refractivity contribution in [1.82, 2.24) is 0 Å². The molecule has 0 amide bonds. The summed E-state index contributed by atoms with van der Waals surface area (Å²) in [7, 11) is 0. The zero-order valence-electron chi connectivity index (χ0n) is 13.2. The van der Waals surface area contributed by atoms with Crippen molar-refractivity contribution in [3.63, 3.8) is 0 Å². The van der Waals surface area contributed by atoms with Crippen molar-refractivity contribution in [1.29, 1.82) is 0 Å². The first-order valence-electron chi connectivity index (χ1n) is 7.12. The summed E-state index contributed by atoms with van der Waals surface area (Å²) in [6, 6.07) is 8.75. The molecule has 2 aromatic rings. The molecule has 0 radical (unpaired) electrons. The largest absolute Gasteiger partial charge is 0.573 e. The summed E-state index contributed by atoms with van der Waals surface area (Å²) in [5, 5.41) is 0. The Bertz CT molecular complexity index is 802. The van der Waals surface area contributed by atoms with E-state index in [1.165, 1.54) is 12.1 Å². The van der Waals surface area contributed by atoms with Crippen LogP contribution in [0.2, 0.25) is 0 Å². The standard InChI is InChI=1S/C16H11F8NO2/c17-14(18,15(19,20)21)8-26-13-7-9(10-3-1-2-4-11(10)25)5-6-12(13)27-16(22,23)24/h1-7H,8,25H2. The van der Waals surface area contributed by atoms with Gasteiger partial charge in [-0.2, -0.15) is 22.0 Å². The molecule has 0 aliphatic carbocycles. The third-order valence-corrected chi connectivity index (χ3v) is 3.26. The Morgan fingerprint density at radius 1 is 0.815 bits per heavy atom. The second-order valence-electron chi connectivity index (χ2n) is 5.29. The summed E-state index contributed by atoms with van der Waals surface area (Å²) < 4.78 is 108. The van der Waals surface area contributed by atoms with Gasteiger partial charge in [-0.05, 0) is 23.8 Å². The van der Waals surface area contributed by atoms with Gasteiger partial charge in [0, 0.05) is 11.3 Å². The lowest BCUT2D eigenvalue weighted by atomic mass is 10.0. The second-order valence-corrected chi connectivity index (χ2v) is 5.29. The number of nitrogen functional groups attached to an aromatic ring is 1. The molecule has 0 bridgehead atoms. The SMILES string of the molecule is Nc1ccccc1-c1ccc(OC(F)(F)F)c(OCC(F)(F)C(F)(F)F)c1. The molecule has 0 aliphatic rings. The third-order valence-electron chi connectivity index (χ3n) is 3.26. The van der Waals surface area contributed by atoms with E-state index in [0.717, 1.165) is 18.2 Å². The first-order chi connectivity index (χ1) is 12.3. The van der Waals surface area contributed by atoms with Gasteiger partial charge < -0.3 is 15.2 Å². The maximum absolute atomic E-state index is 13.0. The van der Waals surface area contributed by atoms with Crippen LogP contribution in [0.15, 0.2) is 42.5 Å². The van der Waals surface area contributed by atoms with Crippen LogP contribution in [0.5, 0.6) is 11.5 Å². The molecule has 0 saturated carbocycles. The first kappa shape index (κ1) is 20.6. The van der Waals surface area contributed by atoms with Crippen molar-refractivity contribution >= 4 is 5.69 Å². The van der Waals surface area contributed by atoms with Gasteiger partial charge in [0.25, 0.3) is 0 Å². The van der Waals surface area contributed by atoms with Gasteiger partial charge in [-0.15, -0.1) is 13.2 Å². The minimum absolute atomic E-state index is 0.132. The van der Waals surface area contributed by atoms with Crippen LogP contribution in [0.4, 0.5) is 40.8 Å². The van der Waals surface area contributed by atoms with E-state index in [4.69, 9.17) is 5.73 Å². The predicted octanol–water partition coefficient (Wildman–Crippen LogP) is 5.41. The molecule has 11 heteroatoms. The lowest BCUT2D eigenvalue weighted by Crippen LogP contribution is -2.41. The molecule has 148 valence electrons. The summed E-state index contributed by atoms with van der Waals surface area (Å²) >= 11 is 0. The normalized spacial score (nSPS) is 12.7. The summed E-state index contributed by atoms with van der Waals surface area (Å²) in [5.41, 5.74) is 6.37. The van der Waals surface area contributed by atoms with E-state index in [2.05, 4.69) is 9.47 Å². The Balaban J connectivity index is 2.41. The zero-order valence-corrected chi connectivity index (χ0v) is 13.2. The smallest absolute Gasteiger partial charge is 0.483 e. The van der Waals surface area contributed by atoms with Gasteiger partial charge in [0.1, 0.15) is 0 Å². The molecule has 2 N–H and O–H groups in total. The topological polar surface area (TPSA) is 44.5 Å². The number of alkyl halides is 8. The first-order valence-corrected chi connectivity index (χ1v) is 7.12. The highest BCUT2D eigenvalue weighted by Gasteiger charge is 2.58. The number of hydrogen-bond acceptors (Lipinski definition) is 3. The highest BCUT2D eigenvalue weighted by atomic mass is 19.4. The lowest BCUT2D eigenvalue weighted by molar-refractivity contribution is -0.291. The molecule has 27 heavy (non-hydrogen) atoms. The second kappa shape index (κ2) is 7.12. The number of para-hydroxylation sites is 1. The average Bonchev–Trinajstić information content (AvgIpc) is 2.52. The van der Waals surface area contributed by atoms with Crippen LogP contribution in [0.25, 0.3) is 11.1 Å².